The molecule has 0 aromatic heterocycles. The molecule has 0 radical (unpaired) electrons. The van der Waals surface area contributed by atoms with Crippen molar-refractivity contribution < 1.29 is 14.4 Å². The number of nitrogens with one attached hydrogen (secondary N) is 1. The van der Waals surface area contributed by atoms with Gasteiger partial charge in [0.2, 0.25) is 0 Å². The van der Waals surface area contributed by atoms with Crippen molar-refractivity contribution in [2.45, 2.75) is 32.9 Å². The van der Waals surface area contributed by atoms with E-state index in [0.717, 1.165) is 5.56 Å². The quantitative estimate of drug-likeness (QED) is 0.607. The molecule has 4 nitrogen and oxygen atoms in total. The smallest absolute Gasteiger partial charge is 0.328 e. The first-order valence-corrected chi connectivity index (χ1v) is 5.66. The zero-order chi connectivity index (χ0) is 12.7. The van der Waals surface area contributed by atoms with Crippen molar-refractivity contribution in [1.29, 1.82) is 0 Å². The van der Waals surface area contributed by atoms with Crippen LogP contribution in [0.1, 0.15) is 26.3 Å². The number of hydrogen-bond acceptors (Lipinski definition) is 4. The van der Waals surface area contributed by atoms with Crippen LogP contribution >= 0.6 is 0 Å². The maximum absolute atomic E-state index is 11.5. The molecular formula is C13H19NO3. The highest BCUT2D eigenvalue weighted by Crippen LogP contribution is 2.07. The van der Waals surface area contributed by atoms with Gasteiger partial charge in [0.15, 0.2) is 0 Å². The van der Waals surface area contributed by atoms with Gasteiger partial charge in [-0.1, -0.05) is 30.3 Å². The minimum absolute atomic E-state index is 0.326. The molecule has 0 bridgehead atoms. The summed E-state index contributed by atoms with van der Waals surface area (Å²) in [6.07, 6.45) is 0. The average Bonchev–Trinajstić information content (AvgIpc) is 2.30. The second-order valence-electron chi connectivity index (χ2n) is 4.22. The lowest BCUT2D eigenvalue weighted by atomic mass is 10.1. The van der Waals surface area contributed by atoms with Crippen LogP contribution in [-0.4, -0.2) is 18.1 Å². The molecule has 0 saturated heterocycles. The maximum Gasteiger partial charge on any atom is 0.328 e. The zero-order valence-electron chi connectivity index (χ0n) is 10.5. The Bertz CT molecular complexity index is 349. The summed E-state index contributed by atoms with van der Waals surface area (Å²) >= 11 is 0. The fourth-order valence-corrected chi connectivity index (χ4v) is 1.23. The van der Waals surface area contributed by atoms with Crippen LogP contribution in [0.5, 0.6) is 0 Å². The molecule has 1 aromatic carbocycles. The molecule has 0 atom stereocenters. The second kappa shape index (κ2) is 6.37. The summed E-state index contributed by atoms with van der Waals surface area (Å²) in [5, 5.41) is 0. The lowest BCUT2D eigenvalue weighted by Crippen LogP contribution is -2.47. The Hall–Kier alpha value is -1.39. The SMILES string of the molecule is CCOC(=O)C(C)(C)NOCc1ccccc1. The van der Waals surface area contributed by atoms with Crippen LogP contribution in [0.3, 0.4) is 0 Å². The Morgan fingerprint density at radius 1 is 1.29 bits per heavy atom. The molecule has 0 aliphatic carbocycles. The van der Waals surface area contributed by atoms with Gasteiger partial charge in [0.25, 0.3) is 0 Å². The van der Waals surface area contributed by atoms with E-state index in [4.69, 9.17) is 9.57 Å². The van der Waals surface area contributed by atoms with Crippen LogP contribution in [0.15, 0.2) is 30.3 Å². The van der Waals surface area contributed by atoms with Gasteiger partial charge in [-0.25, -0.2) is 4.79 Å². The van der Waals surface area contributed by atoms with E-state index in [2.05, 4.69) is 5.48 Å². The van der Waals surface area contributed by atoms with Crippen molar-refractivity contribution in [2.24, 2.45) is 0 Å². The Labute approximate surface area is 102 Å². The van der Waals surface area contributed by atoms with Gasteiger partial charge in [-0.15, -0.1) is 0 Å². The van der Waals surface area contributed by atoms with Crippen molar-refractivity contribution >= 4 is 5.97 Å². The number of hydrogen-bond donors (Lipinski definition) is 1. The van der Waals surface area contributed by atoms with Gasteiger partial charge in [-0.05, 0) is 26.3 Å². The van der Waals surface area contributed by atoms with Gasteiger partial charge < -0.3 is 4.74 Å². The van der Waals surface area contributed by atoms with Crippen molar-refractivity contribution in [1.82, 2.24) is 5.48 Å². The van der Waals surface area contributed by atoms with Crippen LogP contribution < -0.4 is 5.48 Å². The standard InChI is InChI=1S/C13H19NO3/c1-4-16-12(15)13(2,3)14-17-10-11-8-6-5-7-9-11/h5-9,14H,4,10H2,1-3H3. The molecule has 0 aliphatic rings. The third kappa shape index (κ3) is 4.54. The molecule has 0 heterocycles. The fraction of sp³-hybridized carbons (Fsp3) is 0.462. The Kier molecular flexibility index (Phi) is 5.12. The average molecular weight is 237 g/mol. The first kappa shape index (κ1) is 13.7. The van der Waals surface area contributed by atoms with Gasteiger partial charge in [0.1, 0.15) is 5.54 Å². The van der Waals surface area contributed by atoms with Crippen LogP contribution in [0.25, 0.3) is 0 Å². The Balaban J connectivity index is 2.37. The fourth-order valence-electron chi connectivity index (χ4n) is 1.23. The molecule has 4 heteroatoms. The molecule has 1 rings (SSSR count). The third-order valence-corrected chi connectivity index (χ3v) is 2.19. The lowest BCUT2D eigenvalue weighted by molar-refractivity contribution is -0.157. The Morgan fingerprint density at radius 2 is 1.94 bits per heavy atom. The molecular weight excluding hydrogens is 218 g/mol. The number of carbonyl (C=O) groups excluding carboxylic acids is 1. The predicted molar refractivity (Wildman–Crippen MR) is 65.1 cm³/mol. The molecule has 0 spiro atoms. The van der Waals surface area contributed by atoms with Crippen LogP contribution in [0.4, 0.5) is 0 Å². The van der Waals surface area contributed by atoms with Crippen LogP contribution in [-0.2, 0) is 21.0 Å². The van der Waals surface area contributed by atoms with E-state index in [1.54, 1.807) is 20.8 Å². The highest BCUT2D eigenvalue weighted by molar-refractivity contribution is 5.79. The van der Waals surface area contributed by atoms with E-state index in [9.17, 15) is 4.79 Å². The molecule has 94 valence electrons. The van der Waals surface area contributed by atoms with Crippen molar-refractivity contribution in [3.63, 3.8) is 0 Å². The number of esters is 1. The van der Waals surface area contributed by atoms with E-state index in [-0.39, 0.29) is 5.97 Å². The van der Waals surface area contributed by atoms with Crippen molar-refractivity contribution in [2.75, 3.05) is 6.61 Å². The third-order valence-electron chi connectivity index (χ3n) is 2.19. The number of ether oxygens (including phenoxy) is 1. The summed E-state index contributed by atoms with van der Waals surface area (Å²) in [5.74, 6) is -0.326. The minimum Gasteiger partial charge on any atom is -0.465 e. The number of hydroxylamine groups is 1. The molecule has 0 unspecified atom stereocenters. The van der Waals surface area contributed by atoms with Crippen LogP contribution in [0.2, 0.25) is 0 Å². The number of carbonyl (C=O) groups is 1. The van der Waals surface area contributed by atoms with E-state index < -0.39 is 5.54 Å². The molecule has 1 aromatic rings. The first-order chi connectivity index (χ1) is 8.06. The normalized spacial score (nSPS) is 11.2. The summed E-state index contributed by atoms with van der Waals surface area (Å²) < 4.78 is 4.93. The van der Waals surface area contributed by atoms with Crippen molar-refractivity contribution in [3.05, 3.63) is 35.9 Å². The minimum atomic E-state index is -0.842. The van der Waals surface area contributed by atoms with E-state index >= 15 is 0 Å². The first-order valence-electron chi connectivity index (χ1n) is 5.66. The molecule has 0 aliphatic heterocycles. The molecule has 0 fully saturated rings. The monoisotopic (exact) mass is 237 g/mol. The second-order valence-corrected chi connectivity index (χ2v) is 4.22. The number of benzene rings is 1. The molecule has 0 amide bonds. The highest BCUT2D eigenvalue weighted by Gasteiger charge is 2.29. The molecule has 1 N–H and O–H groups in total. The summed E-state index contributed by atoms with van der Waals surface area (Å²) in [6.45, 7) is 5.98. The zero-order valence-corrected chi connectivity index (χ0v) is 10.5. The van der Waals surface area contributed by atoms with Crippen LogP contribution in [0, 0.1) is 0 Å². The molecule has 0 saturated carbocycles. The van der Waals surface area contributed by atoms with E-state index in [1.807, 2.05) is 30.3 Å². The summed E-state index contributed by atoms with van der Waals surface area (Å²) in [5.41, 5.74) is 2.92. The van der Waals surface area contributed by atoms with Gasteiger partial charge in [-0.2, -0.15) is 5.48 Å². The highest BCUT2D eigenvalue weighted by atomic mass is 16.7. The number of rotatable bonds is 6. The summed E-state index contributed by atoms with van der Waals surface area (Å²) in [6, 6.07) is 9.74. The predicted octanol–water partition coefficient (Wildman–Crippen LogP) is 2.05. The summed E-state index contributed by atoms with van der Waals surface area (Å²) in [4.78, 5) is 16.8. The van der Waals surface area contributed by atoms with Gasteiger partial charge >= 0.3 is 5.97 Å². The molecule has 17 heavy (non-hydrogen) atoms. The van der Waals surface area contributed by atoms with E-state index in [1.165, 1.54) is 0 Å². The van der Waals surface area contributed by atoms with Gasteiger partial charge in [0, 0.05) is 0 Å². The topological polar surface area (TPSA) is 47.6 Å². The Morgan fingerprint density at radius 3 is 2.53 bits per heavy atom. The lowest BCUT2D eigenvalue weighted by Gasteiger charge is -2.23. The van der Waals surface area contributed by atoms with Gasteiger partial charge in [-0.3, -0.25) is 4.84 Å². The van der Waals surface area contributed by atoms with E-state index in [0.29, 0.717) is 13.2 Å². The van der Waals surface area contributed by atoms with Crippen molar-refractivity contribution in [3.8, 4) is 0 Å². The summed E-state index contributed by atoms with van der Waals surface area (Å²) in [7, 11) is 0. The van der Waals surface area contributed by atoms with Gasteiger partial charge in [0.05, 0.1) is 13.2 Å². The largest absolute Gasteiger partial charge is 0.465 e. The maximum atomic E-state index is 11.5.